The van der Waals surface area contributed by atoms with E-state index in [9.17, 15) is 0 Å². The van der Waals surface area contributed by atoms with Gasteiger partial charge in [-0.1, -0.05) is 38.1 Å². The molecule has 1 aromatic carbocycles. The van der Waals surface area contributed by atoms with E-state index in [1.807, 2.05) is 12.1 Å². The second-order valence-corrected chi connectivity index (χ2v) is 4.01. The fourth-order valence-corrected chi connectivity index (χ4v) is 1.60. The van der Waals surface area contributed by atoms with Crippen molar-refractivity contribution in [1.29, 1.82) is 0 Å². The monoisotopic (exact) mass is 192 g/mol. The molecule has 0 heterocycles. The molecule has 1 aromatic rings. The van der Waals surface area contributed by atoms with Gasteiger partial charge in [-0.15, -0.1) is 0 Å². The molecular weight excluding hydrogens is 172 g/mol. The van der Waals surface area contributed by atoms with Gasteiger partial charge in [0.05, 0.1) is 0 Å². The third-order valence-electron chi connectivity index (χ3n) is 2.55. The highest BCUT2D eigenvalue weighted by Crippen LogP contribution is 2.22. The third kappa shape index (κ3) is 2.56. The number of rotatable bonds is 4. The van der Waals surface area contributed by atoms with Crippen molar-refractivity contribution in [3.05, 3.63) is 35.4 Å². The molecule has 1 atom stereocenters. The molecule has 2 nitrogen and oxygen atoms in total. The molecule has 0 aliphatic carbocycles. The standard InChI is InChI=1S/C12H20N2/c1-9(2)12(14)11-6-4-3-5-10(11)7-8-13/h3-6,9,12H,7-8,13-14H2,1-2H3/t12-/m1/s1. The predicted molar refractivity (Wildman–Crippen MR) is 61.0 cm³/mol. The molecule has 78 valence electrons. The van der Waals surface area contributed by atoms with Crippen LogP contribution in [-0.4, -0.2) is 6.54 Å². The Hall–Kier alpha value is -0.860. The van der Waals surface area contributed by atoms with Crippen LogP contribution in [0.1, 0.15) is 31.0 Å². The summed E-state index contributed by atoms with van der Waals surface area (Å²) in [4.78, 5) is 0. The van der Waals surface area contributed by atoms with E-state index in [2.05, 4.69) is 26.0 Å². The molecule has 14 heavy (non-hydrogen) atoms. The number of benzene rings is 1. The molecule has 0 amide bonds. The van der Waals surface area contributed by atoms with Gasteiger partial charge in [-0.2, -0.15) is 0 Å². The van der Waals surface area contributed by atoms with Gasteiger partial charge in [0.25, 0.3) is 0 Å². The van der Waals surface area contributed by atoms with Crippen molar-refractivity contribution >= 4 is 0 Å². The van der Waals surface area contributed by atoms with Crippen LogP contribution in [0, 0.1) is 5.92 Å². The molecule has 0 bridgehead atoms. The second-order valence-electron chi connectivity index (χ2n) is 4.01. The van der Waals surface area contributed by atoms with Crippen LogP contribution in [0.4, 0.5) is 0 Å². The Kier molecular flexibility index (Phi) is 4.11. The van der Waals surface area contributed by atoms with E-state index < -0.39 is 0 Å². The molecule has 0 saturated heterocycles. The molecule has 0 aliphatic rings. The maximum Gasteiger partial charge on any atom is 0.0320 e. The van der Waals surface area contributed by atoms with Crippen molar-refractivity contribution in [2.45, 2.75) is 26.3 Å². The van der Waals surface area contributed by atoms with E-state index in [4.69, 9.17) is 11.5 Å². The molecule has 0 radical (unpaired) electrons. The highest BCUT2D eigenvalue weighted by atomic mass is 14.6. The first-order valence-electron chi connectivity index (χ1n) is 5.20. The van der Waals surface area contributed by atoms with E-state index in [-0.39, 0.29) is 6.04 Å². The highest BCUT2D eigenvalue weighted by molar-refractivity contribution is 5.30. The Morgan fingerprint density at radius 2 is 1.86 bits per heavy atom. The highest BCUT2D eigenvalue weighted by Gasteiger charge is 2.13. The molecule has 0 saturated carbocycles. The van der Waals surface area contributed by atoms with Crippen LogP contribution in [0.5, 0.6) is 0 Å². The molecule has 4 N–H and O–H groups in total. The van der Waals surface area contributed by atoms with Gasteiger partial charge in [-0.05, 0) is 30.0 Å². The SMILES string of the molecule is CC(C)[C@@H](N)c1ccccc1CCN. The van der Waals surface area contributed by atoms with Gasteiger partial charge in [0.2, 0.25) is 0 Å². The Balaban J connectivity index is 2.94. The number of hydrogen-bond donors (Lipinski definition) is 2. The summed E-state index contributed by atoms with van der Waals surface area (Å²) in [6.07, 6.45) is 0.913. The van der Waals surface area contributed by atoms with Crippen molar-refractivity contribution in [2.24, 2.45) is 17.4 Å². The number of nitrogens with two attached hydrogens (primary N) is 2. The Bertz CT molecular complexity index is 281. The van der Waals surface area contributed by atoms with Crippen molar-refractivity contribution < 1.29 is 0 Å². The maximum atomic E-state index is 6.13. The quantitative estimate of drug-likeness (QED) is 0.765. The Morgan fingerprint density at radius 1 is 1.21 bits per heavy atom. The molecule has 0 fully saturated rings. The van der Waals surface area contributed by atoms with Crippen LogP contribution in [0.2, 0.25) is 0 Å². The molecule has 0 unspecified atom stereocenters. The fourth-order valence-electron chi connectivity index (χ4n) is 1.60. The fraction of sp³-hybridized carbons (Fsp3) is 0.500. The van der Waals surface area contributed by atoms with E-state index in [0.29, 0.717) is 12.5 Å². The van der Waals surface area contributed by atoms with Gasteiger partial charge in [0.1, 0.15) is 0 Å². The minimum Gasteiger partial charge on any atom is -0.330 e. The second kappa shape index (κ2) is 5.13. The summed E-state index contributed by atoms with van der Waals surface area (Å²) in [5.74, 6) is 0.467. The van der Waals surface area contributed by atoms with Gasteiger partial charge in [-0.25, -0.2) is 0 Å². The summed E-state index contributed by atoms with van der Waals surface area (Å²) in [6, 6.07) is 8.43. The Labute approximate surface area is 86.3 Å². The lowest BCUT2D eigenvalue weighted by Gasteiger charge is -2.19. The molecule has 2 heteroatoms. The largest absolute Gasteiger partial charge is 0.330 e. The van der Waals surface area contributed by atoms with Gasteiger partial charge in [0, 0.05) is 6.04 Å². The van der Waals surface area contributed by atoms with Crippen LogP contribution < -0.4 is 11.5 Å². The van der Waals surface area contributed by atoms with Crippen LogP contribution in [0.3, 0.4) is 0 Å². The summed E-state index contributed by atoms with van der Waals surface area (Å²) >= 11 is 0. The minimum atomic E-state index is 0.123. The summed E-state index contributed by atoms with van der Waals surface area (Å²) in [6.45, 7) is 4.97. The molecular formula is C12H20N2. The zero-order valence-corrected chi connectivity index (χ0v) is 9.03. The summed E-state index contributed by atoms with van der Waals surface area (Å²) in [5.41, 5.74) is 14.2. The molecule has 1 rings (SSSR count). The first-order valence-corrected chi connectivity index (χ1v) is 5.20. The van der Waals surface area contributed by atoms with E-state index in [0.717, 1.165) is 6.42 Å². The first-order chi connectivity index (χ1) is 6.66. The zero-order chi connectivity index (χ0) is 10.6. The topological polar surface area (TPSA) is 52.0 Å². The van der Waals surface area contributed by atoms with Crippen molar-refractivity contribution in [3.63, 3.8) is 0 Å². The smallest absolute Gasteiger partial charge is 0.0320 e. The maximum absolute atomic E-state index is 6.13. The normalized spacial score (nSPS) is 13.2. The average Bonchev–Trinajstić information content (AvgIpc) is 2.18. The Morgan fingerprint density at radius 3 is 2.43 bits per heavy atom. The van der Waals surface area contributed by atoms with Gasteiger partial charge >= 0.3 is 0 Å². The summed E-state index contributed by atoms with van der Waals surface area (Å²) < 4.78 is 0. The predicted octanol–water partition coefficient (Wildman–Crippen LogP) is 1.84. The molecule has 0 aromatic heterocycles. The van der Waals surface area contributed by atoms with Crippen molar-refractivity contribution in [1.82, 2.24) is 0 Å². The van der Waals surface area contributed by atoms with Gasteiger partial charge < -0.3 is 11.5 Å². The summed E-state index contributed by atoms with van der Waals surface area (Å²) in [5, 5.41) is 0. The third-order valence-corrected chi connectivity index (χ3v) is 2.55. The lowest BCUT2D eigenvalue weighted by Crippen LogP contribution is -2.19. The van der Waals surface area contributed by atoms with Crippen LogP contribution >= 0.6 is 0 Å². The van der Waals surface area contributed by atoms with Gasteiger partial charge in [-0.3, -0.25) is 0 Å². The lowest BCUT2D eigenvalue weighted by atomic mass is 9.92. The van der Waals surface area contributed by atoms with Crippen LogP contribution in [-0.2, 0) is 6.42 Å². The minimum absolute atomic E-state index is 0.123. The lowest BCUT2D eigenvalue weighted by molar-refractivity contribution is 0.510. The number of hydrogen-bond acceptors (Lipinski definition) is 2. The molecule has 0 aliphatic heterocycles. The zero-order valence-electron chi connectivity index (χ0n) is 9.03. The van der Waals surface area contributed by atoms with E-state index >= 15 is 0 Å². The molecule has 0 spiro atoms. The van der Waals surface area contributed by atoms with Crippen LogP contribution in [0.25, 0.3) is 0 Å². The van der Waals surface area contributed by atoms with E-state index in [1.165, 1.54) is 11.1 Å². The average molecular weight is 192 g/mol. The van der Waals surface area contributed by atoms with Crippen molar-refractivity contribution in [3.8, 4) is 0 Å². The van der Waals surface area contributed by atoms with Gasteiger partial charge in [0.15, 0.2) is 0 Å². The summed E-state index contributed by atoms with van der Waals surface area (Å²) in [7, 11) is 0. The van der Waals surface area contributed by atoms with Crippen molar-refractivity contribution in [2.75, 3.05) is 6.54 Å². The first kappa shape index (κ1) is 11.2. The van der Waals surface area contributed by atoms with E-state index in [1.54, 1.807) is 0 Å². The van der Waals surface area contributed by atoms with Crippen LogP contribution in [0.15, 0.2) is 24.3 Å².